The fourth-order valence-electron chi connectivity index (χ4n) is 0.939. The van der Waals surface area contributed by atoms with Crippen molar-refractivity contribution in [2.24, 2.45) is 0 Å². The van der Waals surface area contributed by atoms with E-state index < -0.39 is 5.60 Å². The summed E-state index contributed by atoms with van der Waals surface area (Å²) < 4.78 is 0. The Kier molecular flexibility index (Phi) is 7.92. The van der Waals surface area contributed by atoms with Gasteiger partial charge in [-0.25, -0.2) is 0 Å². The van der Waals surface area contributed by atoms with E-state index in [1.54, 1.807) is 25.8 Å². The van der Waals surface area contributed by atoms with Crippen LogP contribution in [0.4, 0.5) is 0 Å². The van der Waals surface area contributed by atoms with Crippen LogP contribution >= 0.6 is 0 Å². The summed E-state index contributed by atoms with van der Waals surface area (Å²) in [7, 11) is 1.70. The molecule has 3 heteroatoms. The lowest BCUT2D eigenvalue weighted by atomic mass is 10.1. The van der Waals surface area contributed by atoms with Crippen molar-refractivity contribution in [1.29, 1.82) is 0 Å². The largest absolute Gasteiger partial charge is 0.389 e. The zero-order valence-electron chi connectivity index (χ0n) is 9.72. The van der Waals surface area contributed by atoms with Gasteiger partial charge in [0.25, 0.3) is 0 Å². The lowest BCUT2D eigenvalue weighted by molar-refractivity contribution is -0.132. The number of rotatable bonds is 3. The van der Waals surface area contributed by atoms with E-state index in [0.717, 1.165) is 0 Å². The van der Waals surface area contributed by atoms with Gasteiger partial charge in [0.1, 0.15) is 0 Å². The molecule has 3 nitrogen and oxygen atoms in total. The molecule has 1 amide bonds. The molecule has 0 aromatic heterocycles. The van der Waals surface area contributed by atoms with Crippen molar-refractivity contribution in [3.05, 3.63) is 0 Å². The zero-order valence-corrected chi connectivity index (χ0v) is 9.72. The highest BCUT2D eigenvalue weighted by atomic mass is 16.3. The molecule has 0 fully saturated rings. The van der Waals surface area contributed by atoms with Crippen LogP contribution in [0.5, 0.6) is 0 Å². The quantitative estimate of drug-likeness (QED) is 0.733. The summed E-state index contributed by atoms with van der Waals surface area (Å²) in [6.45, 7) is 9.57. The first kappa shape index (κ1) is 14.9. The Bertz CT molecular complexity index is 138. The average molecular weight is 189 g/mol. The van der Waals surface area contributed by atoms with Gasteiger partial charge < -0.3 is 10.0 Å². The molecule has 0 aromatic rings. The van der Waals surface area contributed by atoms with E-state index in [1.807, 2.05) is 20.8 Å². The number of hydrogen-bond acceptors (Lipinski definition) is 2. The maximum atomic E-state index is 11.0. The first-order valence-electron chi connectivity index (χ1n) is 4.83. The first-order valence-corrected chi connectivity index (χ1v) is 4.83. The molecule has 0 aliphatic carbocycles. The molecule has 0 aliphatic rings. The fraction of sp³-hybridized carbons (Fsp3) is 0.900. The van der Waals surface area contributed by atoms with Crippen molar-refractivity contribution in [1.82, 2.24) is 4.90 Å². The molecule has 0 bridgehead atoms. The molecule has 0 unspecified atom stereocenters. The van der Waals surface area contributed by atoms with Crippen LogP contribution in [0.15, 0.2) is 0 Å². The summed E-state index contributed by atoms with van der Waals surface area (Å²) >= 11 is 0. The minimum atomic E-state index is -0.792. The first-order chi connectivity index (χ1) is 5.87. The van der Waals surface area contributed by atoms with E-state index in [0.29, 0.717) is 13.0 Å². The number of carbonyl (C=O) groups excluding carboxylic acids is 1. The van der Waals surface area contributed by atoms with Crippen LogP contribution in [0.2, 0.25) is 0 Å². The van der Waals surface area contributed by atoms with Gasteiger partial charge in [-0.2, -0.15) is 0 Å². The van der Waals surface area contributed by atoms with Gasteiger partial charge >= 0.3 is 0 Å². The summed E-state index contributed by atoms with van der Waals surface area (Å²) in [5.74, 6) is 0.0622. The third kappa shape index (κ3) is 9.34. The molecule has 0 radical (unpaired) electrons. The van der Waals surface area contributed by atoms with Gasteiger partial charge in [-0.05, 0) is 13.8 Å². The summed E-state index contributed by atoms with van der Waals surface area (Å²) in [6, 6.07) is 0. The Morgan fingerprint density at radius 2 is 1.77 bits per heavy atom. The summed E-state index contributed by atoms with van der Waals surface area (Å²) in [5, 5.41) is 9.34. The van der Waals surface area contributed by atoms with Gasteiger partial charge in [0.15, 0.2) is 0 Å². The van der Waals surface area contributed by atoms with E-state index in [2.05, 4.69) is 0 Å². The van der Waals surface area contributed by atoms with Crippen LogP contribution in [0.1, 0.15) is 41.0 Å². The monoisotopic (exact) mass is 189 g/mol. The Morgan fingerprint density at radius 1 is 1.38 bits per heavy atom. The Hall–Kier alpha value is -0.570. The lowest BCUT2D eigenvalue weighted by Crippen LogP contribution is -2.39. The topological polar surface area (TPSA) is 40.5 Å². The summed E-state index contributed by atoms with van der Waals surface area (Å²) in [4.78, 5) is 12.5. The lowest BCUT2D eigenvalue weighted by Gasteiger charge is -2.25. The minimum Gasteiger partial charge on any atom is -0.389 e. The predicted molar refractivity (Wildman–Crippen MR) is 55.6 cm³/mol. The zero-order chi connectivity index (χ0) is 11.1. The number of aliphatic hydroxyl groups is 1. The van der Waals surface area contributed by atoms with Gasteiger partial charge in [-0.3, -0.25) is 4.79 Å². The molecule has 80 valence electrons. The van der Waals surface area contributed by atoms with Crippen molar-refractivity contribution in [3.8, 4) is 0 Å². The van der Waals surface area contributed by atoms with Crippen molar-refractivity contribution in [2.45, 2.75) is 46.6 Å². The molecule has 0 rings (SSSR count). The summed E-state index contributed by atoms with van der Waals surface area (Å²) in [6.07, 6.45) is 0.493. The van der Waals surface area contributed by atoms with E-state index in [4.69, 9.17) is 0 Å². The highest BCUT2D eigenvalue weighted by Gasteiger charge is 2.17. The molecule has 1 N–H and O–H groups in total. The third-order valence-corrected chi connectivity index (χ3v) is 1.35. The maximum absolute atomic E-state index is 11.0. The second-order valence-electron chi connectivity index (χ2n) is 3.42. The van der Waals surface area contributed by atoms with E-state index in [1.165, 1.54) is 0 Å². The number of carbonyl (C=O) groups is 1. The summed E-state index contributed by atoms with van der Waals surface area (Å²) in [5.41, 5.74) is -0.792. The van der Waals surface area contributed by atoms with Gasteiger partial charge in [-0.15, -0.1) is 0 Å². The number of nitrogens with zero attached hydrogens (tertiary/aromatic N) is 1. The molecule has 0 aromatic carbocycles. The highest BCUT2D eigenvalue weighted by Crippen LogP contribution is 2.03. The number of amides is 1. The van der Waals surface area contributed by atoms with Crippen LogP contribution in [-0.4, -0.2) is 35.1 Å². The Labute approximate surface area is 81.7 Å². The van der Waals surface area contributed by atoms with E-state index in [-0.39, 0.29) is 5.91 Å². The van der Waals surface area contributed by atoms with Crippen molar-refractivity contribution in [3.63, 3.8) is 0 Å². The van der Waals surface area contributed by atoms with Gasteiger partial charge in [0, 0.05) is 20.0 Å². The molecule has 0 saturated carbocycles. The molecule has 0 heterocycles. The van der Waals surface area contributed by atoms with Crippen molar-refractivity contribution >= 4 is 5.91 Å². The second-order valence-corrected chi connectivity index (χ2v) is 3.42. The standard InChI is InChI=1S/C8H17NO2.C2H6/c1-5-7(10)9(4)6-8(2,3)11;1-2/h11H,5-6H2,1-4H3;1-2H3. The number of hydrogen-bond donors (Lipinski definition) is 1. The average Bonchev–Trinajstić information content (AvgIpc) is 2.03. The number of likely N-dealkylation sites (N-methyl/N-ethyl adjacent to an activating group) is 1. The Morgan fingerprint density at radius 3 is 2.00 bits per heavy atom. The molecule has 0 aliphatic heterocycles. The fourth-order valence-corrected chi connectivity index (χ4v) is 0.939. The van der Waals surface area contributed by atoms with Gasteiger partial charge in [-0.1, -0.05) is 20.8 Å². The molecule has 0 spiro atoms. The normalized spacial score (nSPS) is 10.1. The van der Waals surface area contributed by atoms with Crippen molar-refractivity contribution in [2.75, 3.05) is 13.6 Å². The van der Waals surface area contributed by atoms with Gasteiger partial charge in [0.2, 0.25) is 5.91 Å². The molecular weight excluding hydrogens is 166 g/mol. The van der Waals surface area contributed by atoms with Crippen LogP contribution < -0.4 is 0 Å². The minimum absolute atomic E-state index is 0.0622. The van der Waals surface area contributed by atoms with E-state index in [9.17, 15) is 9.90 Å². The second kappa shape index (κ2) is 6.89. The molecule has 0 atom stereocenters. The van der Waals surface area contributed by atoms with Crippen LogP contribution in [0.25, 0.3) is 0 Å². The SMILES string of the molecule is CC.CCC(=O)N(C)CC(C)(C)O. The van der Waals surface area contributed by atoms with Gasteiger partial charge in [0.05, 0.1) is 5.60 Å². The smallest absolute Gasteiger partial charge is 0.222 e. The molecule has 13 heavy (non-hydrogen) atoms. The third-order valence-electron chi connectivity index (χ3n) is 1.35. The molecule has 0 saturated heterocycles. The highest BCUT2D eigenvalue weighted by molar-refractivity contribution is 5.75. The van der Waals surface area contributed by atoms with Crippen LogP contribution in [0, 0.1) is 0 Å². The van der Waals surface area contributed by atoms with Crippen LogP contribution in [-0.2, 0) is 4.79 Å². The molecular formula is C10H23NO2. The van der Waals surface area contributed by atoms with Crippen molar-refractivity contribution < 1.29 is 9.90 Å². The maximum Gasteiger partial charge on any atom is 0.222 e. The predicted octanol–water partition coefficient (Wildman–Crippen LogP) is 1.65. The van der Waals surface area contributed by atoms with E-state index >= 15 is 0 Å². The Balaban J connectivity index is 0. The van der Waals surface area contributed by atoms with Crippen LogP contribution in [0.3, 0.4) is 0 Å².